The lowest BCUT2D eigenvalue weighted by atomic mass is 10.4. The second kappa shape index (κ2) is 6.14. The summed E-state index contributed by atoms with van der Waals surface area (Å²) in [7, 11) is -3.40. The van der Waals surface area contributed by atoms with Crippen LogP contribution in [0.5, 0.6) is 0 Å². The van der Waals surface area contributed by atoms with Crippen molar-refractivity contribution in [3.05, 3.63) is 0 Å². The molecule has 1 rings (SSSR count). The van der Waals surface area contributed by atoms with Crippen LogP contribution >= 0.6 is 0 Å². The molecule has 8 heteroatoms. The molecule has 94 valence electrons. The van der Waals surface area contributed by atoms with Gasteiger partial charge in [0.05, 0.1) is 6.61 Å². The molecular weight excluding hydrogens is 236 g/mol. The zero-order valence-electron chi connectivity index (χ0n) is 8.89. The van der Waals surface area contributed by atoms with Crippen molar-refractivity contribution in [1.29, 1.82) is 0 Å². The zero-order valence-corrected chi connectivity index (χ0v) is 9.70. The number of hydrogen-bond donors (Lipinski definition) is 2. The number of nitrogens with one attached hydrogen (secondary N) is 1. The number of carboxylic acid groups (broad SMARTS) is 1. The van der Waals surface area contributed by atoms with Gasteiger partial charge in [-0.3, -0.25) is 0 Å². The lowest BCUT2D eigenvalue weighted by Crippen LogP contribution is -2.40. The smallest absolute Gasteiger partial charge is 0.329 e. The Bertz CT molecular complexity index is 323. The van der Waals surface area contributed by atoms with Gasteiger partial charge in [-0.05, 0) is 12.8 Å². The SMILES string of the molecule is O=C(O)COCCNS(=O)(=O)N1CCCC1. The number of aliphatic carboxylic acids is 1. The van der Waals surface area contributed by atoms with Crippen LogP contribution in [-0.4, -0.2) is 56.6 Å². The van der Waals surface area contributed by atoms with Gasteiger partial charge in [0.25, 0.3) is 10.2 Å². The lowest BCUT2D eigenvalue weighted by Gasteiger charge is -2.15. The Hall–Kier alpha value is -0.700. The van der Waals surface area contributed by atoms with Crippen molar-refractivity contribution in [2.24, 2.45) is 0 Å². The maximum atomic E-state index is 11.6. The Morgan fingerprint density at radius 3 is 2.56 bits per heavy atom. The molecule has 1 saturated heterocycles. The van der Waals surface area contributed by atoms with E-state index in [1.165, 1.54) is 4.31 Å². The summed E-state index contributed by atoms with van der Waals surface area (Å²) >= 11 is 0. The molecule has 0 aromatic heterocycles. The average molecular weight is 252 g/mol. The van der Waals surface area contributed by atoms with Gasteiger partial charge in [-0.2, -0.15) is 17.4 Å². The maximum absolute atomic E-state index is 11.6. The molecule has 0 aromatic carbocycles. The van der Waals surface area contributed by atoms with Crippen LogP contribution in [0.1, 0.15) is 12.8 Å². The predicted octanol–water partition coefficient (Wildman–Crippen LogP) is -0.982. The normalized spacial score (nSPS) is 17.8. The third kappa shape index (κ3) is 4.44. The van der Waals surface area contributed by atoms with Crippen molar-refractivity contribution in [2.75, 3.05) is 32.8 Å². The first-order valence-electron chi connectivity index (χ1n) is 5.06. The molecule has 0 unspecified atom stereocenters. The van der Waals surface area contributed by atoms with Gasteiger partial charge in [-0.1, -0.05) is 0 Å². The van der Waals surface area contributed by atoms with E-state index in [2.05, 4.69) is 4.72 Å². The second-order valence-electron chi connectivity index (χ2n) is 3.45. The minimum Gasteiger partial charge on any atom is -0.480 e. The van der Waals surface area contributed by atoms with Gasteiger partial charge in [-0.25, -0.2) is 4.79 Å². The number of hydrogen-bond acceptors (Lipinski definition) is 4. The van der Waals surface area contributed by atoms with Crippen LogP contribution in [0.4, 0.5) is 0 Å². The summed E-state index contributed by atoms with van der Waals surface area (Å²) in [6.07, 6.45) is 1.77. The monoisotopic (exact) mass is 252 g/mol. The summed E-state index contributed by atoms with van der Waals surface area (Å²) < 4.78 is 31.6. The van der Waals surface area contributed by atoms with Crippen molar-refractivity contribution >= 4 is 16.2 Å². The van der Waals surface area contributed by atoms with Crippen LogP contribution in [0.2, 0.25) is 0 Å². The molecule has 1 fully saturated rings. The van der Waals surface area contributed by atoms with E-state index in [4.69, 9.17) is 9.84 Å². The van der Waals surface area contributed by atoms with Crippen LogP contribution in [0.3, 0.4) is 0 Å². The van der Waals surface area contributed by atoms with Gasteiger partial charge in [0.15, 0.2) is 0 Å². The summed E-state index contributed by atoms with van der Waals surface area (Å²) in [6, 6.07) is 0. The summed E-state index contributed by atoms with van der Waals surface area (Å²) in [4.78, 5) is 10.1. The first-order valence-corrected chi connectivity index (χ1v) is 6.50. The summed E-state index contributed by atoms with van der Waals surface area (Å²) in [6.45, 7) is 0.827. The molecule has 0 amide bonds. The Morgan fingerprint density at radius 1 is 1.38 bits per heavy atom. The highest BCUT2D eigenvalue weighted by Gasteiger charge is 2.24. The highest BCUT2D eigenvalue weighted by atomic mass is 32.2. The third-order valence-corrected chi connectivity index (χ3v) is 3.78. The van der Waals surface area contributed by atoms with Gasteiger partial charge in [0, 0.05) is 19.6 Å². The van der Waals surface area contributed by atoms with Gasteiger partial charge in [0.2, 0.25) is 0 Å². The fourth-order valence-corrected chi connectivity index (χ4v) is 2.68. The van der Waals surface area contributed by atoms with E-state index in [0.717, 1.165) is 12.8 Å². The van der Waals surface area contributed by atoms with E-state index in [9.17, 15) is 13.2 Å². The summed E-state index contributed by atoms with van der Waals surface area (Å²) in [5, 5.41) is 8.27. The molecular formula is C8H16N2O5S. The summed E-state index contributed by atoms with van der Waals surface area (Å²) in [5.74, 6) is -1.07. The minimum atomic E-state index is -3.40. The molecule has 16 heavy (non-hydrogen) atoms. The van der Waals surface area contributed by atoms with Crippen molar-refractivity contribution < 1.29 is 23.1 Å². The van der Waals surface area contributed by atoms with Crippen molar-refractivity contribution in [2.45, 2.75) is 12.8 Å². The topological polar surface area (TPSA) is 95.9 Å². The molecule has 1 aliphatic heterocycles. The molecule has 0 aliphatic carbocycles. The fourth-order valence-electron chi connectivity index (χ4n) is 1.42. The molecule has 0 aromatic rings. The first kappa shape index (κ1) is 13.4. The Morgan fingerprint density at radius 2 is 2.00 bits per heavy atom. The van der Waals surface area contributed by atoms with Crippen LogP contribution in [0.15, 0.2) is 0 Å². The predicted molar refractivity (Wildman–Crippen MR) is 56.2 cm³/mol. The second-order valence-corrected chi connectivity index (χ2v) is 5.21. The molecule has 1 heterocycles. The highest BCUT2D eigenvalue weighted by molar-refractivity contribution is 7.87. The zero-order chi connectivity index (χ0) is 12.0. The molecule has 2 N–H and O–H groups in total. The largest absolute Gasteiger partial charge is 0.480 e. The lowest BCUT2D eigenvalue weighted by molar-refractivity contribution is -0.142. The Labute approximate surface area is 94.6 Å². The Kier molecular flexibility index (Phi) is 5.13. The number of carboxylic acids is 1. The number of carbonyl (C=O) groups is 1. The van der Waals surface area contributed by atoms with Crippen LogP contribution in [0, 0.1) is 0 Å². The number of rotatable bonds is 7. The van der Waals surface area contributed by atoms with E-state index in [-0.39, 0.29) is 13.2 Å². The molecule has 0 bridgehead atoms. The maximum Gasteiger partial charge on any atom is 0.329 e. The van der Waals surface area contributed by atoms with Crippen molar-refractivity contribution in [1.82, 2.24) is 9.03 Å². The van der Waals surface area contributed by atoms with Crippen molar-refractivity contribution in [3.63, 3.8) is 0 Å². The standard InChI is InChI=1S/C8H16N2O5S/c11-8(12)7-15-6-3-9-16(13,14)10-4-1-2-5-10/h9H,1-7H2,(H,11,12). The number of nitrogens with zero attached hydrogens (tertiary/aromatic N) is 1. The molecule has 7 nitrogen and oxygen atoms in total. The molecule has 0 atom stereocenters. The van der Waals surface area contributed by atoms with Crippen LogP contribution < -0.4 is 4.72 Å². The van der Waals surface area contributed by atoms with Gasteiger partial charge in [-0.15, -0.1) is 0 Å². The van der Waals surface area contributed by atoms with E-state index < -0.39 is 22.8 Å². The minimum absolute atomic E-state index is 0.0549. The first-order chi connectivity index (χ1) is 7.52. The van der Waals surface area contributed by atoms with Crippen LogP contribution in [0.25, 0.3) is 0 Å². The fraction of sp³-hybridized carbons (Fsp3) is 0.875. The molecule has 1 aliphatic rings. The quantitative estimate of drug-likeness (QED) is 0.568. The van der Waals surface area contributed by atoms with Crippen molar-refractivity contribution in [3.8, 4) is 0 Å². The van der Waals surface area contributed by atoms with E-state index in [0.29, 0.717) is 13.1 Å². The van der Waals surface area contributed by atoms with E-state index >= 15 is 0 Å². The molecule has 0 radical (unpaired) electrons. The van der Waals surface area contributed by atoms with Gasteiger partial charge >= 0.3 is 5.97 Å². The third-order valence-electron chi connectivity index (χ3n) is 2.16. The number of ether oxygens (including phenoxy) is 1. The molecule has 0 saturated carbocycles. The van der Waals surface area contributed by atoms with E-state index in [1.54, 1.807) is 0 Å². The average Bonchev–Trinajstić information content (AvgIpc) is 2.69. The summed E-state index contributed by atoms with van der Waals surface area (Å²) in [5.41, 5.74) is 0. The van der Waals surface area contributed by atoms with Gasteiger partial charge in [0.1, 0.15) is 6.61 Å². The van der Waals surface area contributed by atoms with Crippen LogP contribution in [-0.2, 0) is 19.7 Å². The van der Waals surface area contributed by atoms with E-state index in [1.807, 2.05) is 0 Å². The highest BCUT2D eigenvalue weighted by Crippen LogP contribution is 2.10. The Balaban J connectivity index is 2.18. The van der Waals surface area contributed by atoms with Gasteiger partial charge < -0.3 is 9.84 Å². The molecule has 0 spiro atoms.